The van der Waals surface area contributed by atoms with Gasteiger partial charge in [-0.2, -0.15) is 4.98 Å². The van der Waals surface area contributed by atoms with Crippen molar-refractivity contribution in [3.05, 3.63) is 58.9 Å². The fourth-order valence-electron chi connectivity index (χ4n) is 2.45. The van der Waals surface area contributed by atoms with Crippen molar-refractivity contribution in [1.82, 2.24) is 15.5 Å². The molecular weight excluding hydrogens is 370 g/mol. The Morgan fingerprint density at radius 1 is 1.11 bits per heavy atom. The maximum atomic E-state index is 12.5. The Bertz CT molecular complexity index is 940. The minimum atomic E-state index is -0.473. The summed E-state index contributed by atoms with van der Waals surface area (Å²) in [4.78, 5) is 16.8. The van der Waals surface area contributed by atoms with Crippen LogP contribution in [0.3, 0.4) is 0 Å². The molecule has 1 aromatic heterocycles. The van der Waals surface area contributed by atoms with Gasteiger partial charge in [0.05, 0.1) is 14.2 Å². The predicted octanol–water partition coefficient (Wildman–Crippen LogP) is 3.90. The van der Waals surface area contributed by atoms with Gasteiger partial charge < -0.3 is 19.3 Å². The van der Waals surface area contributed by atoms with Gasteiger partial charge in [-0.1, -0.05) is 16.8 Å². The first kappa shape index (κ1) is 18.7. The number of benzene rings is 2. The van der Waals surface area contributed by atoms with E-state index < -0.39 is 6.04 Å². The first-order valence-corrected chi connectivity index (χ1v) is 8.52. The van der Waals surface area contributed by atoms with Crippen LogP contribution in [-0.2, 0) is 0 Å². The van der Waals surface area contributed by atoms with E-state index in [1.807, 2.05) is 0 Å². The quantitative estimate of drug-likeness (QED) is 0.690. The number of methoxy groups -OCH3 is 2. The van der Waals surface area contributed by atoms with Crippen LogP contribution in [0.1, 0.15) is 29.2 Å². The van der Waals surface area contributed by atoms with E-state index in [-0.39, 0.29) is 5.91 Å². The van der Waals surface area contributed by atoms with Crippen LogP contribution in [0.2, 0.25) is 5.02 Å². The molecule has 3 aromatic rings. The summed E-state index contributed by atoms with van der Waals surface area (Å²) in [6.45, 7) is 1.76. The average Bonchev–Trinajstić information content (AvgIpc) is 3.18. The molecule has 0 saturated heterocycles. The first-order valence-electron chi connectivity index (χ1n) is 8.14. The molecule has 7 nitrogen and oxygen atoms in total. The molecule has 0 aliphatic rings. The predicted molar refractivity (Wildman–Crippen MR) is 100 cm³/mol. The summed E-state index contributed by atoms with van der Waals surface area (Å²) in [7, 11) is 3.05. The van der Waals surface area contributed by atoms with Crippen LogP contribution in [0, 0.1) is 0 Å². The van der Waals surface area contributed by atoms with E-state index in [0.29, 0.717) is 33.8 Å². The van der Waals surface area contributed by atoms with Gasteiger partial charge in [0.15, 0.2) is 11.5 Å². The van der Waals surface area contributed by atoms with Crippen LogP contribution in [0.4, 0.5) is 0 Å². The van der Waals surface area contributed by atoms with Gasteiger partial charge >= 0.3 is 0 Å². The second kappa shape index (κ2) is 8.09. The Hall–Kier alpha value is -3.06. The fraction of sp³-hybridized carbons (Fsp3) is 0.211. The summed E-state index contributed by atoms with van der Waals surface area (Å²) in [5.74, 6) is 1.45. The number of carbonyl (C=O) groups is 1. The lowest BCUT2D eigenvalue weighted by molar-refractivity contribution is 0.0932. The zero-order chi connectivity index (χ0) is 19.4. The third kappa shape index (κ3) is 4.20. The number of halogens is 1. The van der Waals surface area contributed by atoms with Crippen molar-refractivity contribution >= 4 is 17.5 Å². The van der Waals surface area contributed by atoms with Gasteiger partial charge in [0, 0.05) is 16.1 Å². The van der Waals surface area contributed by atoms with Gasteiger partial charge in [-0.3, -0.25) is 4.79 Å². The summed E-state index contributed by atoms with van der Waals surface area (Å²) < 4.78 is 15.7. The fourth-order valence-corrected chi connectivity index (χ4v) is 2.57. The third-order valence-corrected chi connectivity index (χ3v) is 4.16. The Morgan fingerprint density at radius 3 is 2.48 bits per heavy atom. The molecule has 0 fully saturated rings. The van der Waals surface area contributed by atoms with Crippen molar-refractivity contribution in [2.75, 3.05) is 14.2 Å². The Labute approximate surface area is 161 Å². The number of nitrogens with zero attached hydrogens (tertiary/aromatic N) is 2. The van der Waals surface area contributed by atoms with Crippen molar-refractivity contribution in [3.63, 3.8) is 0 Å². The van der Waals surface area contributed by atoms with Crippen molar-refractivity contribution in [2.45, 2.75) is 13.0 Å². The minimum Gasteiger partial charge on any atom is -0.493 e. The van der Waals surface area contributed by atoms with Gasteiger partial charge in [0.25, 0.3) is 5.91 Å². The molecule has 1 amide bonds. The van der Waals surface area contributed by atoms with E-state index in [1.54, 1.807) is 49.4 Å². The van der Waals surface area contributed by atoms with Gasteiger partial charge in [-0.25, -0.2) is 0 Å². The maximum absolute atomic E-state index is 12.5. The van der Waals surface area contributed by atoms with Crippen molar-refractivity contribution in [1.29, 1.82) is 0 Å². The molecule has 27 heavy (non-hydrogen) atoms. The highest BCUT2D eigenvalue weighted by Crippen LogP contribution is 2.28. The minimum absolute atomic E-state index is 0.297. The molecule has 1 heterocycles. The molecule has 2 aromatic carbocycles. The highest BCUT2D eigenvalue weighted by Gasteiger charge is 2.19. The summed E-state index contributed by atoms with van der Waals surface area (Å²) in [6, 6.07) is 11.5. The van der Waals surface area contributed by atoms with Gasteiger partial charge in [0.1, 0.15) is 6.04 Å². The lowest BCUT2D eigenvalue weighted by Crippen LogP contribution is -2.26. The number of hydrogen-bond donors (Lipinski definition) is 1. The van der Waals surface area contributed by atoms with Crippen molar-refractivity contribution < 1.29 is 18.8 Å². The number of ether oxygens (including phenoxy) is 2. The zero-order valence-electron chi connectivity index (χ0n) is 15.0. The third-order valence-electron chi connectivity index (χ3n) is 3.91. The van der Waals surface area contributed by atoms with E-state index >= 15 is 0 Å². The highest BCUT2D eigenvalue weighted by atomic mass is 35.5. The molecule has 0 aliphatic carbocycles. The Kier molecular flexibility index (Phi) is 5.61. The Morgan fingerprint density at radius 2 is 1.81 bits per heavy atom. The standard InChI is InChI=1S/C19H18ClN3O4/c1-11(19-22-17(23-27-19)12-4-7-14(20)8-5-12)21-18(24)13-6-9-15(25-2)16(10-13)26-3/h4-11H,1-3H3,(H,21,24)/t11-/m1/s1. The molecule has 3 rings (SSSR count). The normalized spacial score (nSPS) is 11.7. The van der Waals surface area contributed by atoms with E-state index in [4.69, 9.17) is 25.6 Å². The number of aromatic nitrogens is 2. The molecule has 1 atom stereocenters. The smallest absolute Gasteiger partial charge is 0.252 e. The van der Waals surface area contributed by atoms with Crippen molar-refractivity contribution in [3.8, 4) is 22.9 Å². The molecular formula is C19H18ClN3O4. The van der Waals surface area contributed by atoms with E-state index in [1.165, 1.54) is 14.2 Å². The second-order valence-corrected chi connectivity index (χ2v) is 6.16. The van der Waals surface area contributed by atoms with Gasteiger partial charge in [-0.15, -0.1) is 0 Å². The number of amides is 1. The van der Waals surface area contributed by atoms with E-state index in [2.05, 4.69) is 15.5 Å². The molecule has 0 bridgehead atoms. The average molecular weight is 388 g/mol. The number of rotatable bonds is 6. The van der Waals surface area contributed by atoms with Crippen LogP contribution in [0.25, 0.3) is 11.4 Å². The molecule has 0 unspecified atom stereocenters. The SMILES string of the molecule is COc1ccc(C(=O)N[C@H](C)c2nc(-c3ccc(Cl)cc3)no2)cc1OC. The van der Waals surface area contributed by atoms with Crippen LogP contribution < -0.4 is 14.8 Å². The molecule has 140 valence electrons. The van der Waals surface area contributed by atoms with Crippen molar-refractivity contribution in [2.24, 2.45) is 0 Å². The lowest BCUT2D eigenvalue weighted by Gasteiger charge is -2.12. The lowest BCUT2D eigenvalue weighted by atomic mass is 10.1. The number of hydrogen-bond acceptors (Lipinski definition) is 6. The summed E-state index contributed by atoms with van der Waals surface area (Å²) in [6.07, 6.45) is 0. The first-order chi connectivity index (χ1) is 13.0. The summed E-state index contributed by atoms with van der Waals surface area (Å²) in [5, 5.41) is 7.40. The summed E-state index contributed by atoms with van der Waals surface area (Å²) >= 11 is 5.88. The van der Waals surface area contributed by atoms with E-state index in [0.717, 1.165) is 5.56 Å². The number of carbonyl (C=O) groups excluding carboxylic acids is 1. The number of nitrogens with one attached hydrogen (secondary N) is 1. The van der Waals surface area contributed by atoms with Gasteiger partial charge in [0.2, 0.25) is 11.7 Å². The molecule has 0 aliphatic heterocycles. The highest BCUT2D eigenvalue weighted by molar-refractivity contribution is 6.30. The largest absolute Gasteiger partial charge is 0.493 e. The molecule has 8 heteroatoms. The Balaban J connectivity index is 1.72. The molecule has 0 radical (unpaired) electrons. The maximum Gasteiger partial charge on any atom is 0.252 e. The van der Waals surface area contributed by atoms with Gasteiger partial charge in [-0.05, 0) is 49.4 Å². The molecule has 0 saturated carbocycles. The van der Waals surface area contributed by atoms with Crippen LogP contribution in [-0.4, -0.2) is 30.3 Å². The van der Waals surface area contributed by atoms with Crippen LogP contribution in [0.5, 0.6) is 11.5 Å². The second-order valence-electron chi connectivity index (χ2n) is 5.73. The van der Waals surface area contributed by atoms with Crippen LogP contribution in [0.15, 0.2) is 47.0 Å². The van der Waals surface area contributed by atoms with E-state index in [9.17, 15) is 4.79 Å². The topological polar surface area (TPSA) is 86.5 Å². The summed E-state index contributed by atoms with van der Waals surface area (Å²) in [5.41, 5.74) is 1.20. The molecule has 1 N–H and O–H groups in total. The monoisotopic (exact) mass is 387 g/mol. The molecule has 0 spiro atoms. The van der Waals surface area contributed by atoms with Crippen LogP contribution >= 0.6 is 11.6 Å². The zero-order valence-corrected chi connectivity index (χ0v) is 15.8.